The van der Waals surface area contributed by atoms with Gasteiger partial charge in [-0.15, -0.1) is 0 Å². The van der Waals surface area contributed by atoms with Crippen molar-refractivity contribution in [1.82, 2.24) is 9.80 Å². The average Bonchev–Trinajstić information content (AvgIpc) is 2.13. The summed E-state index contributed by atoms with van der Waals surface area (Å²) in [6.45, 7) is 13.5. The van der Waals surface area contributed by atoms with Gasteiger partial charge in [0.1, 0.15) is 0 Å². The highest BCUT2D eigenvalue weighted by molar-refractivity contribution is 4.95. The molecule has 2 N–H and O–H groups in total. The van der Waals surface area contributed by atoms with Crippen molar-refractivity contribution in [2.75, 3.05) is 33.2 Å². The van der Waals surface area contributed by atoms with E-state index in [4.69, 9.17) is 5.73 Å². The maximum Gasteiger partial charge on any atom is 0.0351 e. The van der Waals surface area contributed by atoms with Crippen molar-refractivity contribution in [3.63, 3.8) is 0 Å². The number of nitrogens with zero attached hydrogens (tertiary/aromatic N) is 2. The first-order valence-corrected chi connectivity index (χ1v) is 6.52. The zero-order chi connectivity index (χ0) is 12.3. The molecule has 0 bridgehead atoms. The summed E-state index contributed by atoms with van der Waals surface area (Å²) < 4.78 is 0. The molecule has 0 radical (unpaired) electrons. The Kier molecular flexibility index (Phi) is 4.77. The van der Waals surface area contributed by atoms with Crippen LogP contribution in [0, 0.1) is 5.92 Å². The first kappa shape index (κ1) is 13.9. The molecule has 1 heterocycles. The summed E-state index contributed by atoms with van der Waals surface area (Å²) in [5.41, 5.74) is 6.17. The van der Waals surface area contributed by atoms with Crippen LogP contribution in [0.25, 0.3) is 0 Å². The van der Waals surface area contributed by atoms with Crippen molar-refractivity contribution in [3.05, 3.63) is 0 Å². The lowest BCUT2D eigenvalue weighted by Crippen LogP contribution is -2.65. The van der Waals surface area contributed by atoms with Crippen LogP contribution in [0.15, 0.2) is 0 Å². The predicted molar refractivity (Wildman–Crippen MR) is 70.6 cm³/mol. The summed E-state index contributed by atoms with van der Waals surface area (Å²) in [7, 11) is 2.20. The number of likely N-dealkylation sites (N-methyl/N-ethyl adjacent to an activating group) is 1. The summed E-state index contributed by atoms with van der Waals surface area (Å²) in [4.78, 5) is 5.02. The minimum atomic E-state index is 0.256. The largest absolute Gasteiger partial charge is 0.329 e. The van der Waals surface area contributed by atoms with Crippen molar-refractivity contribution >= 4 is 0 Å². The topological polar surface area (TPSA) is 32.5 Å². The van der Waals surface area contributed by atoms with E-state index < -0.39 is 0 Å². The molecule has 1 aliphatic rings. The lowest BCUT2D eigenvalue weighted by Gasteiger charge is -2.51. The second-order valence-corrected chi connectivity index (χ2v) is 6.27. The molecule has 0 aromatic heterocycles. The molecule has 16 heavy (non-hydrogen) atoms. The molecule has 1 saturated heterocycles. The third-order valence-electron chi connectivity index (χ3n) is 3.62. The Hall–Kier alpha value is -0.120. The van der Waals surface area contributed by atoms with Crippen LogP contribution in [-0.4, -0.2) is 54.6 Å². The van der Waals surface area contributed by atoms with E-state index in [2.05, 4.69) is 44.5 Å². The number of hydrogen-bond donors (Lipinski definition) is 1. The number of nitrogens with two attached hydrogens (primary N) is 1. The Morgan fingerprint density at radius 2 is 2.00 bits per heavy atom. The fourth-order valence-corrected chi connectivity index (χ4v) is 2.85. The number of rotatable bonds is 4. The molecule has 1 rings (SSSR count). The van der Waals surface area contributed by atoms with Gasteiger partial charge >= 0.3 is 0 Å². The smallest absolute Gasteiger partial charge is 0.0351 e. The van der Waals surface area contributed by atoms with Crippen LogP contribution in [0.5, 0.6) is 0 Å². The van der Waals surface area contributed by atoms with Gasteiger partial charge in [0, 0.05) is 31.2 Å². The van der Waals surface area contributed by atoms with E-state index in [0.717, 1.165) is 25.6 Å². The Morgan fingerprint density at radius 1 is 1.38 bits per heavy atom. The summed E-state index contributed by atoms with van der Waals surface area (Å²) in [6.07, 6.45) is 1.27. The lowest BCUT2D eigenvalue weighted by atomic mass is 9.94. The molecule has 1 aliphatic heterocycles. The molecule has 1 unspecified atom stereocenters. The van der Waals surface area contributed by atoms with E-state index in [0.29, 0.717) is 6.04 Å². The highest BCUT2D eigenvalue weighted by Crippen LogP contribution is 2.25. The first-order chi connectivity index (χ1) is 7.36. The fraction of sp³-hybridized carbons (Fsp3) is 1.00. The van der Waals surface area contributed by atoms with Crippen LogP contribution in [0.2, 0.25) is 0 Å². The van der Waals surface area contributed by atoms with Crippen molar-refractivity contribution in [2.45, 2.75) is 45.7 Å². The molecule has 1 fully saturated rings. The van der Waals surface area contributed by atoms with Gasteiger partial charge in [0.25, 0.3) is 0 Å². The van der Waals surface area contributed by atoms with Crippen molar-refractivity contribution in [2.24, 2.45) is 11.7 Å². The maximum atomic E-state index is 5.92. The van der Waals surface area contributed by atoms with E-state index in [1.54, 1.807) is 0 Å². The summed E-state index contributed by atoms with van der Waals surface area (Å²) in [5, 5.41) is 0. The van der Waals surface area contributed by atoms with Crippen LogP contribution < -0.4 is 5.73 Å². The third-order valence-corrected chi connectivity index (χ3v) is 3.62. The molecule has 0 spiro atoms. The van der Waals surface area contributed by atoms with Gasteiger partial charge in [-0.05, 0) is 39.8 Å². The van der Waals surface area contributed by atoms with Crippen molar-refractivity contribution in [3.8, 4) is 0 Å². The quantitative estimate of drug-likeness (QED) is 0.788. The fourth-order valence-electron chi connectivity index (χ4n) is 2.85. The lowest BCUT2D eigenvalue weighted by molar-refractivity contribution is -0.0148. The molecule has 0 aliphatic carbocycles. The molecule has 3 heteroatoms. The molecule has 0 aromatic rings. The van der Waals surface area contributed by atoms with Crippen LogP contribution in [0.4, 0.5) is 0 Å². The maximum absolute atomic E-state index is 5.92. The number of piperazine rings is 1. The van der Waals surface area contributed by atoms with Crippen molar-refractivity contribution in [1.29, 1.82) is 0 Å². The normalized spacial score (nSPS) is 27.6. The van der Waals surface area contributed by atoms with Gasteiger partial charge in [-0.3, -0.25) is 4.90 Å². The summed E-state index contributed by atoms with van der Waals surface area (Å²) in [5.74, 6) is 0.772. The molecule has 0 amide bonds. The molecular weight excluding hydrogens is 198 g/mol. The highest BCUT2D eigenvalue weighted by Gasteiger charge is 2.37. The predicted octanol–water partition coefficient (Wildman–Crippen LogP) is 1.39. The average molecular weight is 227 g/mol. The molecular formula is C13H29N3. The second kappa shape index (κ2) is 5.48. The van der Waals surface area contributed by atoms with E-state index in [1.165, 1.54) is 13.0 Å². The van der Waals surface area contributed by atoms with Crippen LogP contribution >= 0.6 is 0 Å². The van der Waals surface area contributed by atoms with Gasteiger partial charge in [-0.1, -0.05) is 13.8 Å². The molecule has 1 atom stereocenters. The van der Waals surface area contributed by atoms with Gasteiger partial charge in [-0.25, -0.2) is 0 Å². The molecule has 0 aromatic carbocycles. The van der Waals surface area contributed by atoms with Crippen LogP contribution in [-0.2, 0) is 0 Å². The van der Waals surface area contributed by atoms with Crippen LogP contribution in [0.3, 0.4) is 0 Å². The second-order valence-electron chi connectivity index (χ2n) is 6.27. The summed E-state index contributed by atoms with van der Waals surface area (Å²) in [6, 6.07) is 0.521. The SMILES string of the molecule is CC(C)CCN1C(CN)CN(C)CC1(C)C. The third kappa shape index (κ3) is 3.44. The molecule has 3 nitrogen and oxygen atoms in total. The zero-order valence-electron chi connectivity index (χ0n) is 11.7. The van der Waals surface area contributed by atoms with Gasteiger partial charge < -0.3 is 10.6 Å². The van der Waals surface area contributed by atoms with Gasteiger partial charge in [0.05, 0.1) is 0 Å². The van der Waals surface area contributed by atoms with Gasteiger partial charge in [0.2, 0.25) is 0 Å². The monoisotopic (exact) mass is 227 g/mol. The summed E-state index contributed by atoms with van der Waals surface area (Å²) >= 11 is 0. The standard InChI is InChI=1S/C13H29N3/c1-11(2)6-7-16-12(8-14)9-15(5)10-13(16,3)4/h11-12H,6-10,14H2,1-5H3. The van der Waals surface area contributed by atoms with E-state index >= 15 is 0 Å². The highest BCUT2D eigenvalue weighted by atomic mass is 15.3. The minimum absolute atomic E-state index is 0.256. The first-order valence-electron chi connectivity index (χ1n) is 6.52. The van der Waals surface area contributed by atoms with Crippen LogP contribution in [0.1, 0.15) is 34.1 Å². The zero-order valence-corrected chi connectivity index (χ0v) is 11.7. The number of hydrogen-bond acceptors (Lipinski definition) is 3. The Morgan fingerprint density at radius 3 is 2.50 bits per heavy atom. The van der Waals surface area contributed by atoms with Crippen molar-refractivity contribution < 1.29 is 0 Å². The Balaban J connectivity index is 2.67. The molecule has 0 saturated carbocycles. The Labute approximate surface area is 101 Å². The van der Waals surface area contributed by atoms with E-state index in [9.17, 15) is 0 Å². The van der Waals surface area contributed by atoms with E-state index in [1.807, 2.05) is 0 Å². The Bertz CT molecular complexity index is 213. The van der Waals surface area contributed by atoms with Gasteiger partial charge in [-0.2, -0.15) is 0 Å². The minimum Gasteiger partial charge on any atom is -0.329 e. The van der Waals surface area contributed by atoms with E-state index in [-0.39, 0.29) is 5.54 Å². The molecule has 96 valence electrons. The van der Waals surface area contributed by atoms with Gasteiger partial charge in [0.15, 0.2) is 0 Å².